The topological polar surface area (TPSA) is 9.72 Å². The Balaban J connectivity index is 1.12. The van der Waals surface area contributed by atoms with Crippen LogP contribution in [0.3, 0.4) is 0 Å². The van der Waals surface area contributed by atoms with Crippen molar-refractivity contribution in [2.75, 3.05) is 14.7 Å². The second-order valence-electron chi connectivity index (χ2n) is 20.7. The highest BCUT2D eigenvalue weighted by molar-refractivity contribution is 7.01. The van der Waals surface area contributed by atoms with E-state index in [-0.39, 0.29) is 28.6 Å². The van der Waals surface area contributed by atoms with Gasteiger partial charge in [-0.3, -0.25) is 0 Å². The minimum Gasteiger partial charge on any atom is -0.334 e. The van der Waals surface area contributed by atoms with Gasteiger partial charge in [0, 0.05) is 50.6 Å². The smallest absolute Gasteiger partial charge is 0.252 e. The van der Waals surface area contributed by atoms with Crippen molar-refractivity contribution in [2.24, 2.45) is 17.8 Å². The van der Waals surface area contributed by atoms with Crippen LogP contribution >= 0.6 is 0 Å². The second kappa shape index (κ2) is 11.3. The fourth-order valence-electron chi connectivity index (χ4n) is 15.3. The van der Waals surface area contributed by atoms with Crippen molar-refractivity contribution in [3.05, 3.63) is 167 Å². The Hall–Kier alpha value is -5.48. The molecule has 7 unspecified atom stereocenters. The monoisotopic (exact) mass is 777 g/mol. The Bertz CT molecular complexity index is 2880. The molecule has 3 nitrogen and oxygen atoms in total. The van der Waals surface area contributed by atoms with Crippen LogP contribution in [0, 0.1) is 17.8 Å². The molecule has 7 atom stereocenters. The molecule has 0 aromatic heterocycles. The molecule has 6 aromatic carbocycles. The van der Waals surface area contributed by atoms with Crippen molar-refractivity contribution in [3.8, 4) is 0 Å². The number of hydrogen-bond acceptors (Lipinski definition) is 3. The molecule has 0 spiro atoms. The normalized spacial score (nSPS) is 31.6. The van der Waals surface area contributed by atoms with E-state index in [2.05, 4.69) is 182 Å². The summed E-state index contributed by atoms with van der Waals surface area (Å²) in [4.78, 5) is 8.38. The molecular weight excluding hydrogens is 725 g/mol. The first kappa shape index (κ1) is 34.3. The van der Waals surface area contributed by atoms with Crippen molar-refractivity contribution >= 4 is 62.9 Å². The number of allylic oxidation sites excluding steroid dienone is 1. The molecule has 4 aliphatic carbocycles. The highest BCUT2D eigenvalue weighted by Gasteiger charge is 2.61. The maximum Gasteiger partial charge on any atom is 0.252 e. The van der Waals surface area contributed by atoms with E-state index < -0.39 is 0 Å². The lowest BCUT2D eigenvalue weighted by molar-refractivity contribution is 0.00878. The van der Waals surface area contributed by atoms with Crippen LogP contribution < -0.4 is 31.1 Å². The Morgan fingerprint density at radius 3 is 1.97 bits per heavy atom. The van der Waals surface area contributed by atoms with Gasteiger partial charge in [0.2, 0.25) is 0 Å². The van der Waals surface area contributed by atoms with Gasteiger partial charge >= 0.3 is 0 Å². The molecule has 294 valence electrons. The molecule has 0 amide bonds. The van der Waals surface area contributed by atoms with Gasteiger partial charge in [0.1, 0.15) is 0 Å². The largest absolute Gasteiger partial charge is 0.334 e. The van der Waals surface area contributed by atoms with Gasteiger partial charge in [-0.1, -0.05) is 122 Å². The number of para-hydroxylation sites is 2. The van der Waals surface area contributed by atoms with E-state index in [1.165, 1.54) is 123 Å². The molecular formula is C56H52BN3. The number of hydrogen-bond donors (Lipinski definition) is 0. The van der Waals surface area contributed by atoms with E-state index in [9.17, 15) is 0 Å². The van der Waals surface area contributed by atoms with E-state index in [1.807, 2.05) is 0 Å². The Morgan fingerprint density at radius 1 is 0.550 bits per heavy atom. The van der Waals surface area contributed by atoms with Gasteiger partial charge in [-0.2, -0.15) is 0 Å². The molecule has 0 bridgehead atoms. The number of rotatable bonds is 4. The van der Waals surface area contributed by atoms with Crippen LogP contribution in [0.5, 0.6) is 0 Å². The molecule has 4 heteroatoms. The first-order chi connectivity index (χ1) is 29.2. The molecule has 6 aromatic rings. The van der Waals surface area contributed by atoms with Crippen LogP contribution in [0.4, 0.5) is 39.8 Å². The number of nitrogens with zero attached hydrogens (tertiary/aromatic N) is 3. The Kier molecular flexibility index (Phi) is 6.43. The fraction of sp³-hybridized carbons (Fsp3) is 0.321. The van der Waals surface area contributed by atoms with Crippen molar-refractivity contribution < 1.29 is 0 Å². The zero-order chi connectivity index (χ0) is 39.9. The Labute approximate surface area is 355 Å². The molecule has 3 fully saturated rings. The van der Waals surface area contributed by atoms with E-state index in [0.29, 0.717) is 0 Å². The van der Waals surface area contributed by atoms with Gasteiger partial charge in [-0.05, 0) is 152 Å². The zero-order valence-electron chi connectivity index (χ0n) is 35.4. The van der Waals surface area contributed by atoms with Crippen molar-refractivity contribution in [2.45, 2.75) is 94.5 Å². The van der Waals surface area contributed by atoms with Gasteiger partial charge in [0.15, 0.2) is 0 Å². The molecule has 14 rings (SSSR count). The second-order valence-corrected chi connectivity index (χ2v) is 20.7. The van der Waals surface area contributed by atoms with Crippen LogP contribution in [-0.4, -0.2) is 17.8 Å². The third-order valence-electron chi connectivity index (χ3n) is 18.1. The SMILES string of the molecule is CC1(c2ccccc2)c2cccc3c2B2c4c(cc(N5c6ccccc6C6(C)CCCCC56C)cc4N(C4(C)C=C5CC6CC(C4)C56)c4cccc1c42)N3c1ccccc1. The van der Waals surface area contributed by atoms with E-state index in [0.717, 1.165) is 17.8 Å². The quantitative estimate of drug-likeness (QED) is 0.130. The summed E-state index contributed by atoms with van der Waals surface area (Å²) in [5, 5.41) is 0. The summed E-state index contributed by atoms with van der Waals surface area (Å²) in [7, 11) is 0. The highest BCUT2D eigenvalue weighted by atomic mass is 15.3. The van der Waals surface area contributed by atoms with E-state index in [1.54, 1.807) is 5.57 Å². The lowest BCUT2D eigenvalue weighted by Gasteiger charge is -2.63. The van der Waals surface area contributed by atoms with Gasteiger partial charge in [-0.15, -0.1) is 0 Å². The van der Waals surface area contributed by atoms with Gasteiger partial charge < -0.3 is 14.7 Å². The van der Waals surface area contributed by atoms with E-state index in [4.69, 9.17) is 0 Å². The van der Waals surface area contributed by atoms with E-state index >= 15 is 0 Å². The van der Waals surface area contributed by atoms with Gasteiger partial charge in [0.25, 0.3) is 6.71 Å². The standard InChI is InChI=1S/C56H52BN3/c1-53(33-36-29-35-30-37(34-53)49(35)36)60-46-26-16-23-43-51(46)57-50-42(56(43,4)38-17-7-5-8-18-38)22-15-25-45(50)58(39-19-9-6-10-20-39)47-31-40(32-48(60)52(47)57)59-44-24-12-11-21-41(44)54(2)27-13-14-28-55(54,59)3/h5-12,15-26,31-33,35,37,49H,13-14,27-30,34H2,1-4H3. The van der Waals surface area contributed by atoms with Crippen molar-refractivity contribution in [3.63, 3.8) is 0 Å². The Morgan fingerprint density at radius 2 is 1.20 bits per heavy atom. The number of fused-ring (bicyclic) bond motifs is 3. The zero-order valence-corrected chi connectivity index (χ0v) is 35.4. The lowest BCUT2D eigenvalue weighted by atomic mass is 9.28. The summed E-state index contributed by atoms with van der Waals surface area (Å²) < 4.78 is 0. The first-order valence-electron chi connectivity index (χ1n) is 23.0. The van der Waals surface area contributed by atoms with Gasteiger partial charge in [0.05, 0.1) is 11.1 Å². The van der Waals surface area contributed by atoms with Crippen LogP contribution in [0.25, 0.3) is 0 Å². The predicted molar refractivity (Wildman–Crippen MR) is 250 cm³/mol. The molecule has 4 aliphatic heterocycles. The molecule has 0 radical (unpaired) electrons. The molecule has 4 heterocycles. The van der Waals surface area contributed by atoms with Crippen molar-refractivity contribution in [1.29, 1.82) is 0 Å². The highest BCUT2D eigenvalue weighted by Crippen LogP contribution is 2.65. The first-order valence-corrected chi connectivity index (χ1v) is 23.0. The minimum atomic E-state index is -0.330. The average molecular weight is 778 g/mol. The third kappa shape index (κ3) is 3.88. The van der Waals surface area contributed by atoms with Crippen LogP contribution in [-0.2, 0) is 10.8 Å². The molecule has 8 aliphatic rings. The minimum absolute atomic E-state index is 0.0447. The fourth-order valence-corrected chi connectivity index (χ4v) is 15.3. The maximum absolute atomic E-state index is 2.90. The van der Waals surface area contributed by atoms with Crippen LogP contribution in [0.2, 0.25) is 0 Å². The summed E-state index contributed by atoms with van der Waals surface area (Å²) in [6, 6.07) is 52.0. The number of benzene rings is 6. The summed E-state index contributed by atoms with van der Waals surface area (Å²) in [6.07, 6.45) is 11.6. The average Bonchev–Trinajstić information content (AvgIpc) is 3.47. The predicted octanol–water partition coefficient (Wildman–Crippen LogP) is 11.6. The summed E-state index contributed by atoms with van der Waals surface area (Å²) in [5.74, 6) is 2.54. The van der Waals surface area contributed by atoms with Crippen LogP contribution in [0.1, 0.15) is 94.9 Å². The number of anilines is 7. The molecule has 60 heavy (non-hydrogen) atoms. The lowest BCUT2D eigenvalue weighted by Crippen LogP contribution is -2.70. The summed E-state index contributed by atoms with van der Waals surface area (Å²) in [6.45, 7) is 10.4. The molecule has 3 saturated carbocycles. The van der Waals surface area contributed by atoms with Gasteiger partial charge in [-0.25, -0.2) is 0 Å². The molecule has 0 saturated heterocycles. The van der Waals surface area contributed by atoms with Crippen molar-refractivity contribution in [1.82, 2.24) is 0 Å². The van der Waals surface area contributed by atoms with Crippen LogP contribution in [0.15, 0.2) is 145 Å². The molecule has 0 N–H and O–H groups in total. The third-order valence-corrected chi connectivity index (χ3v) is 18.1. The summed E-state index contributed by atoms with van der Waals surface area (Å²) >= 11 is 0. The maximum atomic E-state index is 2.90. The summed E-state index contributed by atoms with van der Waals surface area (Å²) in [5.41, 5.74) is 20.9.